The molecule has 0 spiro atoms. The molecule has 0 aliphatic rings. The molecule has 0 unspecified atom stereocenters. The van der Waals surface area contributed by atoms with Crippen LogP contribution in [0, 0.1) is 6.92 Å². The van der Waals surface area contributed by atoms with Crippen LogP contribution in [-0.4, -0.2) is 10.9 Å². The molecule has 0 atom stereocenters. The molecule has 2 rings (SSSR count). The van der Waals surface area contributed by atoms with Gasteiger partial charge in [0, 0.05) is 12.6 Å². The Labute approximate surface area is 132 Å². The van der Waals surface area contributed by atoms with Crippen LogP contribution in [0.5, 0.6) is 0 Å². The number of carbonyl (C=O) groups excluding carboxylic acids is 1. The Morgan fingerprint density at radius 3 is 2.41 bits per heavy atom. The molecule has 0 bridgehead atoms. The molecule has 22 heavy (non-hydrogen) atoms. The van der Waals surface area contributed by atoms with Crippen LogP contribution in [-0.2, 0) is 16.6 Å². The number of nitrogens with zero attached hydrogens (tertiary/aromatic N) is 1. The summed E-state index contributed by atoms with van der Waals surface area (Å²) < 4.78 is 0. The minimum absolute atomic E-state index is 0.00185. The van der Waals surface area contributed by atoms with E-state index < -0.39 is 0 Å². The van der Waals surface area contributed by atoms with Crippen molar-refractivity contribution in [1.29, 1.82) is 0 Å². The third-order valence-electron chi connectivity index (χ3n) is 3.64. The van der Waals surface area contributed by atoms with Gasteiger partial charge in [-0.05, 0) is 47.6 Å². The van der Waals surface area contributed by atoms with Gasteiger partial charge >= 0.3 is 0 Å². The van der Waals surface area contributed by atoms with Crippen LogP contribution in [0.1, 0.15) is 43.9 Å². The van der Waals surface area contributed by atoms with Gasteiger partial charge in [-0.2, -0.15) is 0 Å². The van der Waals surface area contributed by atoms with Gasteiger partial charge in [-0.3, -0.25) is 4.79 Å². The molecule has 1 amide bonds. The number of pyridine rings is 1. The van der Waals surface area contributed by atoms with Gasteiger partial charge in [0.25, 0.3) is 0 Å². The number of hydrogen-bond acceptors (Lipinski definition) is 2. The highest BCUT2D eigenvalue weighted by molar-refractivity contribution is 5.89. The van der Waals surface area contributed by atoms with Gasteiger partial charge in [0.15, 0.2) is 0 Å². The van der Waals surface area contributed by atoms with Gasteiger partial charge in [0.2, 0.25) is 5.91 Å². The number of anilines is 1. The Bertz CT molecular complexity index is 639. The number of rotatable bonds is 4. The highest BCUT2D eigenvalue weighted by Gasteiger charge is 2.13. The van der Waals surface area contributed by atoms with Crippen molar-refractivity contribution in [1.82, 2.24) is 4.98 Å². The van der Waals surface area contributed by atoms with E-state index in [9.17, 15) is 4.79 Å². The quantitative estimate of drug-likeness (QED) is 0.916. The summed E-state index contributed by atoms with van der Waals surface area (Å²) in [5.41, 5.74) is 3.74. The predicted molar refractivity (Wildman–Crippen MR) is 91.1 cm³/mol. The average molecular weight is 296 g/mol. The van der Waals surface area contributed by atoms with Crippen molar-refractivity contribution < 1.29 is 4.79 Å². The average Bonchev–Trinajstić information content (AvgIpc) is 2.45. The lowest BCUT2D eigenvalue weighted by molar-refractivity contribution is -0.116. The van der Waals surface area contributed by atoms with E-state index in [1.165, 1.54) is 11.1 Å². The zero-order chi connectivity index (χ0) is 16.2. The van der Waals surface area contributed by atoms with Crippen molar-refractivity contribution in [2.75, 3.05) is 5.32 Å². The fourth-order valence-corrected chi connectivity index (χ4v) is 2.24. The molecule has 0 saturated heterocycles. The standard InChI is InChI=1S/C19H24N2O/c1-14-11-12-20-17(13-14)21-18(22)10-7-15-5-8-16(9-6-15)19(2,3)4/h5-6,8-9,11-13H,7,10H2,1-4H3,(H,20,21,22). The van der Waals surface area contributed by atoms with Crippen LogP contribution >= 0.6 is 0 Å². The molecule has 116 valence electrons. The second-order valence-electron chi connectivity index (χ2n) is 6.71. The van der Waals surface area contributed by atoms with E-state index in [-0.39, 0.29) is 11.3 Å². The number of carbonyl (C=O) groups is 1. The van der Waals surface area contributed by atoms with E-state index in [1.54, 1.807) is 6.20 Å². The maximum atomic E-state index is 12.0. The van der Waals surface area contributed by atoms with Crippen LogP contribution in [0.25, 0.3) is 0 Å². The van der Waals surface area contributed by atoms with Crippen LogP contribution < -0.4 is 5.32 Å². The van der Waals surface area contributed by atoms with Gasteiger partial charge in [0.1, 0.15) is 5.82 Å². The van der Waals surface area contributed by atoms with Crippen molar-refractivity contribution in [3.8, 4) is 0 Å². The molecule has 2 aromatic rings. The van der Waals surface area contributed by atoms with E-state index >= 15 is 0 Å². The lowest BCUT2D eigenvalue weighted by Gasteiger charge is -2.19. The van der Waals surface area contributed by atoms with Gasteiger partial charge in [-0.25, -0.2) is 4.98 Å². The van der Waals surface area contributed by atoms with Crippen molar-refractivity contribution in [3.05, 3.63) is 59.3 Å². The topological polar surface area (TPSA) is 42.0 Å². The number of hydrogen-bond donors (Lipinski definition) is 1. The van der Waals surface area contributed by atoms with E-state index in [0.717, 1.165) is 12.0 Å². The molecule has 0 saturated carbocycles. The Morgan fingerprint density at radius 1 is 1.14 bits per heavy atom. The molecule has 0 aliphatic heterocycles. The monoisotopic (exact) mass is 296 g/mol. The van der Waals surface area contributed by atoms with E-state index in [2.05, 4.69) is 55.3 Å². The number of benzene rings is 1. The van der Waals surface area contributed by atoms with Crippen LogP contribution in [0.15, 0.2) is 42.6 Å². The molecular weight excluding hydrogens is 272 g/mol. The molecule has 1 heterocycles. The maximum absolute atomic E-state index is 12.0. The zero-order valence-electron chi connectivity index (χ0n) is 13.8. The number of aryl methyl sites for hydroxylation is 2. The first kappa shape index (κ1) is 16.2. The van der Waals surface area contributed by atoms with Crippen molar-refractivity contribution in [2.45, 2.75) is 46.0 Å². The smallest absolute Gasteiger partial charge is 0.225 e. The summed E-state index contributed by atoms with van der Waals surface area (Å²) in [5, 5.41) is 2.84. The lowest BCUT2D eigenvalue weighted by Crippen LogP contribution is -2.14. The first-order valence-electron chi connectivity index (χ1n) is 7.66. The first-order valence-corrected chi connectivity index (χ1v) is 7.66. The fourth-order valence-electron chi connectivity index (χ4n) is 2.24. The minimum Gasteiger partial charge on any atom is -0.311 e. The van der Waals surface area contributed by atoms with Crippen molar-refractivity contribution in [3.63, 3.8) is 0 Å². The molecular formula is C19H24N2O. The first-order chi connectivity index (χ1) is 10.3. The summed E-state index contributed by atoms with van der Waals surface area (Å²) in [4.78, 5) is 16.1. The number of nitrogens with one attached hydrogen (secondary N) is 1. The normalized spacial score (nSPS) is 11.3. The van der Waals surface area contributed by atoms with Crippen LogP contribution in [0.2, 0.25) is 0 Å². The maximum Gasteiger partial charge on any atom is 0.225 e. The van der Waals surface area contributed by atoms with Crippen molar-refractivity contribution >= 4 is 11.7 Å². The lowest BCUT2D eigenvalue weighted by atomic mass is 9.86. The second-order valence-corrected chi connectivity index (χ2v) is 6.71. The highest BCUT2D eigenvalue weighted by Crippen LogP contribution is 2.22. The third kappa shape index (κ3) is 4.69. The SMILES string of the molecule is Cc1ccnc(NC(=O)CCc2ccc(C(C)(C)C)cc2)c1. The third-order valence-corrected chi connectivity index (χ3v) is 3.64. The summed E-state index contributed by atoms with van der Waals surface area (Å²) in [6.07, 6.45) is 2.91. The van der Waals surface area contributed by atoms with E-state index in [1.807, 2.05) is 19.1 Å². The summed E-state index contributed by atoms with van der Waals surface area (Å²) in [6.45, 7) is 8.58. The Hall–Kier alpha value is -2.16. The predicted octanol–water partition coefficient (Wildman–Crippen LogP) is 4.26. The molecule has 0 fully saturated rings. The minimum atomic E-state index is -0.00185. The molecule has 1 aromatic carbocycles. The largest absolute Gasteiger partial charge is 0.311 e. The zero-order valence-corrected chi connectivity index (χ0v) is 13.8. The molecule has 3 heteroatoms. The molecule has 1 aromatic heterocycles. The van der Waals surface area contributed by atoms with Crippen LogP contribution in [0.4, 0.5) is 5.82 Å². The summed E-state index contributed by atoms with van der Waals surface area (Å²) in [5.74, 6) is 0.617. The van der Waals surface area contributed by atoms with Gasteiger partial charge < -0.3 is 5.32 Å². The summed E-state index contributed by atoms with van der Waals surface area (Å²) >= 11 is 0. The Kier molecular flexibility index (Phi) is 4.96. The Morgan fingerprint density at radius 2 is 1.82 bits per heavy atom. The summed E-state index contributed by atoms with van der Waals surface area (Å²) in [7, 11) is 0. The van der Waals surface area contributed by atoms with Crippen molar-refractivity contribution in [2.24, 2.45) is 0 Å². The van der Waals surface area contributed by atoms with Gasteiger partial charge in [0.05, 0.1) is 0 Å². The van der Waals surface area contributed by atoms with E-state index in [0.29, 0.717) is 12.2 Å². The fraction of sp³-hybridized carbons (Fsp3) is 0.368. The van der Waals surface area contributed by atoms with Gasteiger partial charge in [-0.15, -0.1) is 0 Å². The summed E-state index contributed by atoms with van der Waals surface area (Å²) in [6, 6.07) is 12.3. The molecule has 0 aliphatic carbocycles. The second kappa shape index (κ2) is 6.73. The van der Waals surface area contributed by atoms with E-state index in [4.69, 9.17) is 0 Å². The number of amides is 1. The molecule has 3 nitrogen and oxygen atoms in total. The molecule has 1 N–H and O–H groups in total. The highest BCUT2D eigenvalue weighted by atomic mass is 16.1. The van der Waals surface area contributed by atoms with Crippen LogP contribution in [0.3, 0.4) is 0 Å². The van der Waals surface area contributed by atoms with Gasteiger partial charge in [-0.1, -0.05) is 45.0 Å². The Balaban J connectivity index is 1.88. The number of aromatic nitrogens is 1. The molecule has 0 radical (unpaired) electrons.